The van der Waals surface area contributed by atoms with Crippen molar-refractivity contribution < 1.29 is 5.11 Å². The molecule has 0 aliphatic heterocycles. The summed E-state index contributed by atoms with van der Waals surface area (Å²) in [5.74, 6) is 0. The second kappa shape index (κ2) is 6.39. The molecule has 118 valence electrons. The van der Waals surface area contributed by atoms with Crippen LogP contribution in [0, 0.1) is 10.8 Å². The Labute approximate surface area is 137 Å². The summed E-state index contributed by atoms with van der Waals surface area (Å²) >= 11 is 3.46. The number of hydrogen-bond donors (Lipinski definition) is 2. The molecule has 0 saturated heterocycles. The number of benzene rings is 1. The predicted octanol–water partition coefficient (Wildman–Crippen LogP) is 4.68. The van der Waals surface area contributed by atoms with E-state index in [2.05, 4.69) is 48.9 Å². The molecule has 1 aromatic rings. The number of aliphatic hydroxyl groups is 1. The Kier molecular flexibility index (Phi) is 5.17. The molecule has 1 aromatic carbocycles. The zero-order chi connectivity index (χ0) is 15.7. The zero-order valence-corrected chi connectivity index (χ0v) is 15.2. The van der Waals surface area contributed by atoms with E-state index in [1.54, 1.807) is 0 Å². The highest BCUT2D eigenvalue weighted by atomic mass is 79.9. The minimum Gasteiger partial charge on any atom is -0.387 e. The molecule has 0 radical (unpaired) electrons. The highest BCUT2D eigenvalue weighted by Crippen LogP contribution is 2.45. The summed E-state index contributed by atoms with van der Waals surface area (Å²) in [6, 6.07) is 8.41. The van der Waals surface area contributed by atoms with Gasteiger partial charge in [-0.3, -0.25) is 0 Å². The van der Waals surface area contributed by atoms with Gasteiger partial charge >= 0.3 is 0 Å². The van der Waals surface area contributed by atoms with E-state index in [9.17, 15) is 5.11 Å². The number of halogens is 1. The van der Waals surface area contributed by atoms with Crippen molar-refractivity contribution in [2.24, 2.45) is 10.8 Å². The van der Waals surface area contributed by atoms with Gasteiger partial charge in [0.25, 0.3) is 0 Å². The van der Waals surface area contributed by atoms with Crippen molar-refractivity contribution in [1.29, 1.82) is 0 Å². The molecular formula is C18H28BrNO. The topological polar surface area (TPSA) is 32.3 Å². The predicted molar refractivity (Wildman–Crippen MR) is 92.3 cm³/mol. The van der Waals surface area contributed by atoms with Crippen LogP contribution in [0.4, 0.5) is 0 Å². The third-order valence-corrected chi connectivity index (χ3v) is 4.88. The highest BCUT2D eigenvalue weighted by molar-refractivity contribution is 9.10. The Morgan fingerprint density at radius 2 is 1.86 bits per heavy atom. The Bertz CT molecular complexity index is 468. The van der Waals surface area contributed by atoms with Gasteiger partial charge in [-0.1, -0.05) is 55.8 Å². The van der Waals surface area contributed by atoms with Crippen molar-refractivity contribution in [3.05, 3.63) is 34.3 Å². The first-order chi connectivity index (χ1) is 9.67. The van der Waals surface area contributed by atoms with E-state index in [0.29, 0.717) is 23.4 Å². The Hall–Kier alpha value is -0.380. The van der Waals surface area contributed by atoms with Crippen LogP contribution in [0.15, 0.2) is 28.7 Å². The smallest absolute Gasteiger partial charge is 0.0914 e. The SMILES string of the molecule is CC1(C)CC(NCC(O)c2cccc(Br)c2)CC(C)(C)C1. The molecule has 0 spiro atoms. The molecule has 1 saturated carbocycles. The minimum atomic E-state index is -0.448. The third kappa shape index (κ3) is 5.08. The van der Waals surface area contributed by atoms with Gasteiger partial charge in [-0.05, 0) is 47.8 Å². The standard InChI is InChI=1S/C18H28BrNO/c1-17(2)9-15(10-18(3,4)12-17)20-11-16(21)13-6-5-7-14(19)8-13/h5-8,15-16,20-21H,9-12H2,1-4H3. The van der Waals surface area contributed by atoms with Crippen molar-refractivity contribution in [3.8, 4) is 0 Å². The van der Waals surface area contributed by atoms with Gasteiger partial charge in [-0.25, -0.2) is 0 Å². The molecule has 1 atom stereocenters. The van der Waals surface area contributed by atoms with E-state index in [1.807, 2.05) is 24.3 Å². The first-order valence-electron chi connectivity index (χ1n) is 7.84. The van der Waals surface area contributed by atoms with Gasteiger partial charge in [0.2, 0.25) is 0 Å². The van der Waals surface area contributed by atoms with Gasteiger partial charge in [0.15, 0.2) is 0 Å². The fourth-order valence-corrected chi connectivity index (χ4v) is 4.52. The first-order valence-corrected chi connectivity index (χ1v) is 8.63. The monoisotopic (exact) mass is 353 g/mol. The fourth-order valence-electron chi connectivity index (χ4n) is 4.10. The summed E-state index contributed by atoms with van der Waals surface area (Å²) in [6.07, 6.45) is 3.19. The lowest BCUT2D eigenvalue weighted by Crippen LogP contribution is -2.45. The van der Waals surface area contributed by atoms with Gasteiger partial charge in [0.05, 0.1) is 6.10 Å². The van der Waals surface area contributed by atoms with Crippen molar-refractivity contribution in [2.45, 2.75) is 59.1 Å². The molecule has 1 unspecified atom stereocenters. The van der Waals surface area contributed by atoms with Crippen LogP contribution in [-0.2, 0) is 0 Å². The zero-order valence-electron chi connectivity index (χ0n) is 13.6. The molecule has 1 fully saturated rings. The maximum Gasteiger partial charge on any atom is 0.0914 e. The van der Waals surface area contributed by atoms with Gasteiger partial charge in [0.1, 0.15) is 0 Å². The van der Waals surface area contributed by atoms with Crippen LogP contribution in [0.2, 0.25) is 0 Å². The first kappa shape index (κ1) is 17.0. The van der Waals surface area contributed by atoms with Gasteiger partial charge in [0, 0.05) is 17.1 Å². The number of nitrogens with one attached hydrogen (secondary N) is 1. The molecule has 1 aliphatic carbocycles. The molecule has 1 aliphatic rings. The fraction of sp³-hybridized carbons (Fsp3) is 0.667. The van der Waals surface area contributed by atoms with Crippen molar-refractivity contribution in [2.75, 3.05) is 6.54 Å². The van der Waals surface area contributed by atoms with E-state index in [-0.39, 0.29) is 0 Å². The molecule has 2 N–H and O–H groups in total. The molecule has 21 heavy (non-hydrogen) atoms. The largest absolute Gasteiger partial charge is 0.387 e. The Balaban J connectivity index is 1.93. The maximum absolute atomic E-state index is 10.4. The minimum absolute atomic E-state index is 0.375. The summed E-state index contributed by atoms with van der Waals surface area (Å²) < 4.78 is 1.01. The van der Waals surface area contributed by atoms with Gasteiger partial charge in [-0.2, -0.15) is 0 Å². The molecule has 2 rings (SSSR count). The summed E-state index contributed by atoms with van der Waals surface area (Å²) in [6.45, 7) is 10.0. The lowest BCUT2D eigenvalue weighted by Gasteiger charge is -2.45. The molecule has 3 heteroatoms. The molecule has 2 nitrogen and oxygen atoms in total. The van der Waals surface area contributed by atoms with E-state index >= 15 is 0 Å². The van der Waals surface area contributed by atoms with Crippen molar-refractivity contribution >= 4 is 15.9 Å². The molecule has 0 aromatic heterocycles. The quantitative estimate of drug-likeness (QED) is 0.823. The number of hydrogen-bond acceptors (Lipinski definition) is 2. The van der Waals surface area contributed by atoms with Crippen LogP contribution < -0.4 is 5.32 Å². The van der Waals surface area contributed by atoms with Gasteiger partial charge in [-0.15, -0.1) is 0 Å². The second-order valence-electron chi connectivity index (χ2n) is 8.09. The van der Waals surface area contributed by atoms with Crippen LogP contribution in [0.3, 0.4) is 0 Å². The third-order valence-electron chi connectivity index (χ3n) is 4.39. The van der Waals surface area contributed by atoms with Crippen LogP contribution in [0.25, 0.3) is 0 Å². The number of rotatable bonds is 4. The van der Waals surface area contributed by atoms with Crippen LogP contribution in [0.1, 0.15) is 58.6 Å². The summed E-state index contributed by atoms with van der Waals surface area (Å²) in [5.41, 5.74) is 1.71. The van der Waals surface area contributed by atoms with Crippen molar-refractivity contribution in [1.82, 2.24) is 5.32 Å². The van der Waals surface area contributed by atoms with Gasteiger partial charge < -0.3 is 10.4 Å². The summed E-state index contributed by atoms with van der Waals surface area (Å²) in [5, 5.41) is 13.9. The van der Waals surface area contributed by atoms with Crippen LogP contribution in [0.5, 0.6) is 0 Å². The average molecular weight is 354 g/mol. The summed E-state index contributed by atoms with van der Waals surface area (Å²) in [7, 11) is 0. The lowest BCUT2D eigenvalue weighted by atomic mass is 9.63. The molecule has 0 bridgehead atoms. The molecule has 0 amide bonds. The lowest BCUT2D eigenvalue weighted by molar-refractivity contribution is 0.0760. The Morgan fingerprint density at radius 3 is 2.43 bits per heavy atom. The van der Waals surface area contributed by atoms with Crippen LogP contribution >= 0.6 is 15.9 Å². The summed E-state index contributed by atoms with van der Waals surface area (Å²) in [4.78, 5) is 0. The van der Waals surface area contributed by atoms with E-state index < -0.39 is 6.10 Å². The number of aliphatic hydroxyl groups excluding tert-OH is 1. The highest BCUT2D eigenvalue weighted by Gasteiger charge is 2.38. The van der Waals surface area contributed by atoms with Crippen LogP contribution in [-0.4, -0.2) is 17.7 Å². The van der Waals surface area contributed by atoms with E-state index in [1.165, 1.54) is 19.3 Å². The maximum atomic E-state index is 10.4. The molecule has 0 heterocycles. The van der Waals surface area contributed by atoms with Crippen molar-refractivity contribution in [3.63, 3.8) is 0 Å². The van der Waals surface area contributed by atoms with E-state index in [0.717, 1.165) is 10.0 Å². The second-order valence-corrected chi connectivity index (χ2v) is 9.01. The Morgan fingerprint density at radius 1 is 1.24 bits per heavy atom. The normalized spacial score (nSPS) is 23.0. The molecular weight excluding hydrogens is 326 g/mol. The van der Waals surface area contributed by atoms with E-state index in [4.69, 9.17) is 0 Å². The average Bonchev–Trinajstić information content (AvgIpc) is 2.32.